The highest BCUT2D eigenvalue weighted by molar-refractivity contribution is 5.96. The number of hydrogen-bond acceptors (Lipinski definition) is 3. The van der Waals surface area contributed by atoms with Crippen molar-refractivity contribution < 1.29 is 9.59 Å². The van der Waals surface area contributed by atoms with Gasteiger partial charge >= 0.3 is 0 Å². The van der Waals surface area contributed by atoms with E-state index in [2.05, 4.69) is 0 Å². The highest BCUT2D eigenvalue weighted by Crippen LogP contribution is 2.13. The van der Waals surface area contributed by atoms with E-state index in [1.54, 1.807) is 0 Å². The van der Waals surface area contributed by atoms with Gasteiger partial charge in [0.2, 0.25) is 11.8 Å². The van der Waals surface area contributed by atoms with Crippen LogP contribution in [0.1, 0.15) is 33.1 Å². The molecule has 2 N–H and O–H groups in total. The Bertz CT molecular complexity index is 238. The summed E-state index contributed by atoms with van der Waals surface area (Å²) < 4.78 is 0. The van der Waals surface area contributed by atoms with Crippen LogP contribution in [0.5, 0.6) is 0 Å². The molecule has 0 aliphatic carbocycles. The molecule has 0 bridgehead atoms. The highest BCUT2D eigenvalue weighted by Gasteiger charge is 2.28. The Labute approximate surface area is 84.4 Å². The minimum Gasteiger partial charge on any atom is -0.327 e. The molecule has 1 rings (SSSR count). The Kier molecular flexibility index (Phi) is 3.63. The van der Waals surface area contributed by atoms with Crippen molar-refractivity contribution in [3.05, 3.63) is 0 Å². The van der Waals surface area contributed by atoms with Crippen LogP contribution >= 0.6 is 0 Å². The summed E-state index contributed by atoms with van der Waals surface area (Å²) in [5.74, 6) is 0.122. The summed E-state index contributed by atoms with van der Waals surface area (Å²) in [7, 11) is 0. The molecule has 4 heteroatoms. The second-order valence-electron chi connectivity index (χ2n) is 4.29. The summed E-state index contributed by atoms with van der Waals surface area (Å²) >= 11 is 0. The first-order valence-corrected chi connectivity index (χ1v) is 5.09. The number of imide groups is 1. The number of nitrogens with two attached hydrogens (primary N) is 1. The molecule has 0 aromatic carbocycles. The predicted octanol–water partition coefficient (Wildman–Crippen LogP) is 0.509. The Morgan fingerprint density at radius 1 is 1.64 bits per heavy atom. The lowest BCUT2D eigenvalue weighted by Crippen LogP contribution is -2.47. The molecule has 1 fully saturated rings. The summed E-state index contributed by atoms with van der Waals surface area (Å²) in [6.07, 6.45) is 1.49. The van der Waals surface area contributed by atoms with Crippen molar-refractivity contribution in [3.8, 4) is 0 Å². The van der Waals surface area contributed by atoms with Gasteiger partial charge in [0.05, 0.1) is 0 Å². The van der Waals surface area contributed by atoms with E-state index in [0.29, 0.717) is 25.3 Å². The minimum absolute atomic E-state index is 0.0584. The lowest BCUT2D eigenvalue weighted by atomic mass is 10.0. The largest absolute Gasteiger partial charge is 0.327 e. The molecule has 14 heavy (non-hydrogen) atoms. The molecule has 1 aliphatic rings. The maximum absolute atomic E-state index is 11.6. The number of amides is 2. The number of hydrogen-bond donors (Lipinski definition) is 1. The third-order valence-electron chi connectivity index (χ3n) is 2.35. The summed E-state index contributed by atoms with van der Waals surface area (Å²) in [5, 5.41) is 0. The molecule has 80 valence electrons. The van der Waals surface area contributed by atoms with Crippen molar-refractivity contribution in [3.63, 3.8) is 0 Å². The van der Waals surface area contributed by atoms with Gasteiger partial charge in [-0.2, -0.15) is 0 Å². The Morgan fingerprint density at radius 2 is 2.29 bits per heavy atom. The molecule has 1 unspecified atom stereocenters. The Hall–Kier alpha value is -0.900. The quantitative estimate of drug-likeness (QED) is 0.703. The number of carbonyl (C=O) groups excluding carboxylic acids is 2. The molecule has 0 aromatic rings. The van der Waals surface area contributed by atoms with Gasteiger partial charge in [-0.1, -0.05) is 13.8 Å². The van der Waals surface area contributed by atoms with Gasteiger partial charge in [-0.15, -0.1) is 0 Å². The number of piperidine rings is 1. The van der Waals surface area contributed by atoms with Crippen molar-refractivity contribution in [2.75, 3.05) is 6.54 Å². The first-order chi connectivity index (χ1) is 6.50. The van der Waals surface area contributed by atoms with E-state index in [9.17, 15) is 9.59 Å². The molecule has 1 aliphatic heterocycles. The fraction of sp³-hybridized carbons (Fsp3) is 0.800. The van der Waals surface area contributed by atoms with E-state index in [-0.39, 0.29) is 17.9 Å². The molecule has 0 saturated carbocycles. The monoisotopic (exact) mass is 198 g/mol. The lowest BCUT2D eigenvalue weighted by Gasteiger charge is -2.28. The molecule has 4 nitrogen and oxygen atoms in total. The maximum atomic E-state index is 11.6. The van der Waals surface area contributed by atoms with Crippen molar-refractivity contribution in [2.45, 2.75) is 39.2 Å². The third-order valence-corrected chi connectivity index (χ3v) is 2.35. The van der Waals surface area contributed by atoms with Crippen LogP contribution < -0.4 is 5.73 Å². The predicted molar refractivity (Wildman–Crippen MR) is 53.4 cm³/mol. The Morgan fingerprint density at radius 3 is 2.79 bits per heavy atom. The molecular formula is C10H18N2O2. The summed E-state index contributed by atoms with van der Waals surface area (Å²) in [5.41, 5.74) is 5.63. The summed E-state index contributed by atoms with van der Waals surface area (Å²) in [4.78, 5) is 24.4. The molecule has 2 amide bonds. The number of rotatable bonds is 2. The molecule has 0 spiro atoms. The van der Waals surface area contributed by atoms with Crippen molar-refractivity contribution in [1.82, 2.24) is 4.90 Å². The van der Waals surface area contributed by atoms with Crippen LogP contribution in [0.25, 0.3) is 0 Å². The van der Waals surface area contributed by atoms with Gasteiger partial charge in [-0.05, 0) is 12.3 Å². The topological polar surface area (TPSA) is 63.4 Å². The summed E-state index contributed by atoms with van der Waals surface area (Å²) in [6.45, 7) is 4.43. The smallest absolute Gasteiger partial charge is 0.230 e. The summed E-state index contributed by atoms with van der Waals surface area (Å²) in [6, 6.07) is -0.0643. The standard InChI is InChI=1S/C10H18N2O2/c1-7(2)5-9(13)12-4-3-8(11)6-10(12)14/h7-8H,3-6,11H2,1-2H3. The molecule has 0 aromatic heterocycles. The normalized spacial score (nSPS) is 23.0. The van der Waals surface area contributed by atoms with Gasteiger partial charge in [0.15, 0.2) is 0 Å². The van der Waals surface area contributed by atoms with Crippen molar-refractivity contribution in [1.29, 1.82) is 0 Å². The zero-order chi connectivity index (χ0) is 10.7. The molecule has 1 saturated heterocycles. The van der Waals surface area contributed by atoms with Crippen molar-refractivity contribution >= 4 is 11.8 Å². The van der Waals surface area contributed by atoms with E-state index in [1.165, 1.54) is 4.90 Å². The Balaban J connectivity index is 2.52. The second-order valence-corrected chi connectivity index (χ2v) is 4.29. The number of nitrogens with zero attached hydrogens (tertiary/aromatic N) is 1. The van der Waals surface area contributed by atoms with E-state index in [0.717, 1.165) is 6.42 Å². The van der Waals surface area contributed by atoms with Crippen LogP contribution in [0.2, 0.25) is 0 Å². The van der Waals surface area contributed by atoms with Gasteiger partial charge in [0.25, 0.3) is 0 Å². The van der Waals surface area contributed by atoms with Crippen LogP contribution in [0.15, 0.2) is 0 Å². The van der Waals surface area contributed by atoms with Crippen LogP contribution in [-0.4, -0.2) is 29.3 Å². The highest BCUT2D eigenvalue weighted by atomic mass is 16.2. The maximum Gasteiger partial charge on any atom is 0.230 e. The zero-order valence-corrected chi connectivity index (χ0v) is 8.82. The first kappa shape index (κ1) is 11.2. The van der Waals surface area contributed by atoms with Gasteiger partial charge < -0.3 is 5.73 Å². The average Bonchev–Trinajstić information content (AvgIpc) is 2.01. The average molecular weight is 198 g/mol. The molecule has 1 heterocycles. The number of carbonyl (C=O) groups is 2. The minimum atomic E-state index is -0.116. The van der Waals surface area contributed by atoms with Gasteiger partial charge in [-0.3, -0.25) is 14.5 Å². The van der Waals surface area contributed by atoms with Crippen LogP contribution in [0.4, 0.5) is 0 Å². The number of likely N-dealkylation sites (tertiary alicyclic amines) is 1. The third kappa shape index (κ3) is 2.80. The van der Waals surface area contributed by atoms with Gasteiger partial charge in [0, 0.05) is 25.4 Å². The van der Waals surface area contributed by atoms with Gasteiger partial charge in [-0.25, -0.2) is 0 Å². The zero-order valence-electron chi connectivity index (χ0n) is 8.82. The fourth-order valence-corrected chi connectivity index (χ4v) is 1.58. The van der Waals surface area contributed by atoms with Crippen LogP contribution in [0.3, 0.4) is 0 Å². The fourth-order valence-electron chi connectivity index (χ4n) is 1.58. The van der Waals surface area contributed by atoms with E-state index < -0.39 is 0 Å². The van der Waals surface area contributed by atoms with Crippen LogP contribution in [0, 0.1) is 5.92 Å². The van der Waals surface area contributed by atoms with Crippen LogP contribution in [-0.2, 0) is 9.59 Å². The van der Waals surface area contributed by atoms with Crippen molar-refractivity contribution in [2.24, 2.45) is 11.7 Å². The van der Waals surface area contributed by atoms with E-state index >= 15 is 0 Å². The lowest BCUT2D eigenvalue weighted by molar-refractivity contribution is -0.147. The van der Waals surface area contributed by atoms with E-state index in [4.69, 9.17) is 5.73 Å². The van der Waals surface area contributed by atoms with E-state index in [1.807, 2.05) is 13.8 Å². The van der Waals surface area contributed by atoms with Gasteiger partial charge in [0.1, 0.15) is 0 Å². The second kappa shape index (κ2) is 4.55. The molecular weight excluding hydrogens is 180 g/mol. The SMILES string of the molecule is CC(C)CC(=O)N1CCC(N)CC1=O. The molecule has 1 atom stereocenters. The first-order valence-electron chi connectivity index (χ1n) is 5.09. The molecule has 0 radical (unpaired) electrons.